The molecule has 2 aromatic carbocycles. The summed E-state index contributed by atoms with van der Waals surface area (Å²) in [4.78, 5) is 16.9. The van der Waals surface area contributed by atoms with Gasteiger partial charge in [0, 0.05) is 12.6 Å². The number of ether oxygens (including phenoxy) is 1. The fourth-order valence-electron chi connectivity index (χ4n) is 2.71. The van der Waals surface area contributed by atoms with Crippen LogP contribution in [0.1, 0.15) is 18.0 Å². The lowest BCUT2D eigenvalue weighted by Crippen LogP contribution is -2.31. The minimum absolute atomic E-state index is 0.0577. The van der Waals surface area contributed by atoms with Gasteiger partial charge in [-0.2, -0.15) is 5.10 Å². The summed E-state index contributed by atoms with van der Waals surface area (Å²) in [6.45, 7) is -0.0690. The van der Waals surface area contributed by atoms with E-state index in [-0.39, 0.29) is 18.6 Å². The van der Waals surface area contributed by atoms with E-state index in [4.69, 9.17) is 4.74 Å². The van der Waals surface area contributed by atoms with Crippen LogP contribution in [-0.2, 0) is 4.79 Å². The quantitative estimate of drug-likeness (QED) is 0.730. The molecule has 0 fully saturated rings. The molecule has 0 aliphatic carbocycles. The fraction of sp³-hybridized carbons (Fsp3) is 0.167. The van der Waals surface area contributed by atoms with E-state index in [2.05, 4.69) is 10.1 Å². The smallest absolute Gasteiger partial charge is 0.281 e. The molecule has 5 nitrogen and oxygen atoms in total. The normalized spacial score (nSPS) is 16.7. The van der Waals surface area contributed by atoms with Crippen molar-refractivity contribution in [3.63, 3.8) is 0 Å². The first-order valence-electron chi connectivity index (χ1n) is 7.69. The van der Waals surface area contributed by atoms with Gasteiger partial charge in [-0.3, -0.25) is 4.79 Å². The zero-order valence-electron chi connectivity index (χ0n) is 12.8. The molecule has 0 unspecified atom stereocenters. The standard InChI is InChI=1S/C18H15N3O2S/c22-17(12-23-18-20-14-8-4-5-9-16(14)24-18)21-15(10-11-19-21)13-6-2-1-3-7-13/h1-9,11,15H,10,12H2/t15-/m1/s1. The lowest BCUT2D eigenvalue weighted by Gasteiger charge is -2.21. The third-order valence-corrected chi connectivity index (χ3v) is 4.81. The van der Waals surface area contributed by atoms with E-state index in [9.17, 15) is 4.79 Å². The summed E-state index contributed by atoms with van der Waals surface area (Å²) < 4.78 is 6.63. The van der Waals surface area contributed by atoms with Crippen molar-refractivity contribution < 1.29 is 9.53 Å². The minimum atomic E-state index is -0.170. The van der Waals surface area contributed by atoms with Gasteiger partial charge in [0.2, 0.25) is 0 Å². The van der Waals surface area contributed by atoms with E-state index in [1.807, 2.05) is 54.6 Å². The van der Waals surface area contributed by atoms with Gasteiger partial charge in [0.1, 0.15) is 0 Å². The van der Waals surface area contributed by atoms with Crippen LogP contribution in [-0.4, -0.2) is 28.7 Å². The van der Waals surface area contributed by atoms with Crippen LogP contribution in [0.4, 0.5) is 0 Å². The van der Waals surface area contributed by atoms with E-state index >= 15 is 0 Å². The predicted octanol–water partition coefficient (Wildman–Crippen LogP) is 3.63. The van der Waals surface area contributed by atoms with Gasteiger partial charge in [-0.05, 0) is 17.7 Å². The molecule has 24 heavy (non-hydrogen) atoms. The summed E-state index contributed by atoms with van der Waals surface area (Å²) in [6, 6.07) is 17.7. The Morgan fingerprint density at radius 3 is 2.79 bits per heavy atom. The van der Waals surface area contributed by atoms with Gasteiger partial charge in [0.05, 0.1) is 16.3 Å². The maximum Gasteiger partial charge on any atom is 0.281 e. The summed E-state index contributed by atoms with van der Waals surface area (Å²) in [6.07, 6.45) is 2.49. The van der Waals surface area contributed by atoms with Crippen LogP contribution in [0.15, 0.2) is 59.7 Å². The van der Waals surface area contributed by atoms with Gasteiger partial charge < -0.3 is 4.74 Å². The average molecular weight is 337 g/mol. The Labute approximate surface area is 143 Å². The molecule has 0 saturated heterocycles. The maximum atomic E-state index is 12.5. The summed E-state index contributed by atoms with van der Waals surface area (Å²) >= 11 is 1.44. The van der Waals surface area contributed by atoms with Gasteiger partial charge in [-0.1, -0.05) is 53.8 Å². The van der Waals surface area contributed by atoms with Gasteiger partial charge in [-0.15, -0.1) is 0 Å². The van der Waals surface area contributed by atoms with E-state index in [1.54, 1.807) is 6.21 Å². The Morgan fingerprint density at radius 2 is 1.96 bits per heavy atom. The number of nitrogens with zero attached hydrogens (tertiary/aromatic N) is 3. The van der Waals surface area contributed by atoms with Crippen LogP contribution < -0.4 is 4.74 Å². The minimum Gasteiger partial charge on any atom is -0.460 e. The molecular weight excluding hydrogens is 322 g/mol. The van der Waals surface area contributed by atoms with Crippen molar-refractivity contribution in [2.75, 3.05) is 6.61 Å². The molecule has 120 valence electrons. The topological polar surface area (TPSA) is 54.8 Å². The van der Waals surface area contributed by atoms with Crippen molar-refractivity contribution in [2.24, 2.45) is 5.10 Å². The van der Waals surface area contributed by atoms with Crippen LogP contribution in [0.3, 0.4) is 0 Å². The molecular formula is C18H15N3O2S. The van der Waals surface area contributed by atoms with Crippen molar-refractivity contribution in [1.82, 2.24) is 9.99 Å². The fourth-order valence-corrected chi connectivity index (χ4v) is 3.52. The molecule has 1 aliphatic heterocycles. The highest BCUT2D eigenvalue weighted by atomic mass is 32.1. The zero-order chi connectivity index (χ0) is 16.4. The Hall–Kier alpha value is -2.73. The van der Waals surface area contributed by atoms with Gasteiger partial charge in [0.15, 0.2) is 6.61 Å². The van der Waals surface area contributed by atoms with E-state index in [1.165, 1.54) is 16.3 Å². The Morgan fingerprint density at radius 1 is 1.17 bits per heavy atom. The van der Waals surface area contributed by atoms with Crippen molar-refractivity contribution in [3.05, 3.63) is 60.2 Å². The number of rotatable bonds is 4. The molecule has 0 N–H and O–H groups in total. The summed E-state index contributed by atoms with van der Waals surface area (Å²) in [5.41, 5.74) is 1.95. The van der Waals surface area contributed by atoms with Crippen LogP contribution >= 0.6 is 11.3 Å². The number of hydrazone groups is 1. The van der Waals surface area contributed by atoms with Crippen molar-refractivity contribution in [1.29, 1.82) is 0 Å². The first-order valence-corrected chi connectivity index (χ1v) is 8.51. The summed E-state index contributed by atoms with van der Waals surface area (Å²) in [7, 11) is 0. The number of fused-ring (bicyclic) bond motifs is 1. The Balaban J connectivity index is 1.44. The molecule has 1 atom stereocenters. The highest BCUT2D eigenvalue weighted by molar-refractivity contribution is 7.20. The van der Waals surface area contributed by atoms with Crippen molar-refractivity contribution in [2.45, 2.75) is 12.5 Å². The number of hydrogen-bond donors (Lipinski definition) is 0. The number of carbonyl (C=O) groups excluding carboxylic acids is 1. The van der Waals surface area contributed by atoms with E-state index < -0.39 is 0 Å². The Kier molecular flexibility index (Phi) is 3.96. The van der Waals surface area contributed by atoms with Crippen molar-refractivity contribution in [3.8, 4) is 5.19 Å². The Bertz CT molecular complexity index is 858. The van der Waals surface area contributed by atoms with E-state index in [0.717, 1.165) is 22.2 Å². The number of aromatic nitrogens is 1. The molecule has 1 amide bonds. The number of hydrogen-bond acceptors (Lipinski definition) is 5. The number of para-hydroxylation sites is 1. The highest BCUT2D eigenvalue weighted by Crippen LogP contribution is 2.29. The van der Waals surface area contributed by atoms with Gasteiger partial charge in [-0.25, -0.2) is 9.99 Å². The summed E-state index contributed by atoms with van der Waals surface area (Å²) in [5.74, 6) is -0.170. The number of carbonyl (C=O) groups is 1. The van der Waals surface area contributed by atoms with Crippen LogP contribution in [0, 0.1) is 0 Å². The molecule has 0 radical (unpaired) electrons. The monoisotopic (exact) mass is 337 g/mol. The molecule has 0 spiro atoms. The molecule has 2 heterocycles. The molecule has 0 saturated carbocycles. The van der Waals surface area contributed by atoms with Gasteiger partial charge in [0.25, 0.3) is 11.1 Å². The second-order valence-electron chi connectivity index (χ2n) is 5.43. The van der Waals surface area contributed by atoms with Crippen LogP contribution in [0.25, 0.3) is 10.2 Å². The van der Waals surface area contributed by atoms with Crippen LogP contribution in [0.5, 0.6) is 5.19 Å². The molecule has 3 aromatic rings. The lowest BCUT2D eigenvalue weighted by atomic mass is 10.0. The molecule has 6 heteroatoms. The SMILES string of the molecule is O=C(COc1nc2ccccc2s1)N1N=CC[C@@H]1c1ccccc1. The third kappa shape index (κ3) is 2.88. The molecule has 1 aromatic heterocycles. The molecule has 0 bridgehead atoms. The highest BCUT2D eigenvalue weighted by Gasteiger charge is 2.28. The van der Waals surface area contributed by atoms with E-state index in [0.29, 0.717) is 5.19 Å². The first-order chi connectivity index (χ1) is 11.8. The van der Waals surface area contributed by atoms with Crippen LogP contribution in [0.2, 0.25) is 0 Å². The second kappa shape index (κ2) is 6.41. The van der Waals surface area contributed by atoms with Crippen molar-refractivity contribution >= 4 is 33.7 Å². The molecule has 4 rings (SSSR count). The predicted molar refractivity (Wildman–Crippen MR) is 94.3 cm³/mol. The number of amides is 1. The first kappa shape index (κ1) is 14.8. The second-order valence-corrected chi connectivity index (χ2v) is 6.43. The number of benzene rings is 2. The summed E-state index contributed by atoms with van der Waals surface area (Å²) in [5, 5.41) is 6.22. The molecule has 1 aliphatic rings. The lowest BCUT2D eigenvalue weighted by molar-refractivity contribution is -0.135. The third-order valence-electron chi connectivity index (χ3n) is 3.86. The number of thiazole rings is 1. The maximum absolute atomic E-state index is 12.5. The zero-order valence-corrected chi connectivity index (χ0v) is 13.6. The van der Waals surface area contributed by atoms with Gasteiger partial charge >= 0.3 is 0 Å². The largest absolute Gasteiger partial charge is 0.460 e. The average Bonchev–Trinajstić information content (AvgIpc) is 3.27.